The first kappa shape index (κ1) is 31.7. The average Bonchev–Trinajstić information content (AvgIpc) is 3.89. The van der Waals surface area contributed by atoms with Crippen molar-refractivity contribution in [3.63, 3.8) is 0 Å². The molecule has 47 heavy (non-hydrogen) atoms. The van der Waals surface area contributed by atoms with Crippen LogP contribution in [0.25, 0.3) is 0 Å². The minimum atomic E-state index is -0.362. The van der Waals surface area contributed by atoms with Crippen LogP contribution in [0, 0.1) is 34.5 Å². The van der Waals surface area contributed by atoms with Gasteiger partial charge in [-0.1, -0.05) is 62.9 Å². The first-order valence-corrected chi connectivity index (χ1v) is 18.9. The second-order valence-corrected chi connectivity index (χ2v) is 16.4. The number of hydrogen-bond donors (Lipinski definition) is 1. The van der Waals surface area contributed by atoms with Crippen molar-refractivity contribution in [3.8, 4) is 0 Å². The van der Waals surface area contributed by atoms with E-state index in [0.717, 1.165) is 44.4 Å². The van der Waals surface area contributed by atoms with Gasteiger partial charge in [0.1, 0.15) is 5.76 Å². The highest BCUT2D eigenvalue weighted by molar-refractivity contribution is 5.93. The minimum Gasteiger partial charge on any atom is -0.492 e. The van der Waals surface area contributed by atoms with E-state index in [9.17, 15) is 9.90 Å². The molecule has 6 nitrogen and oxygen atoms in total. The molecule has 7 aliphatic rings. The first-order valence-electron chi connectivity index (χ1n) is 18.9. The fourth-order valence-corrected chi connectivity index (χ4v) is 12.1. The monoisotopic (exact) mass is 641 g/mol. The van der Waals surface area contributed by atoms with Crippen molar-refractivity contribution in [1.29, 1.82) is 0 Å². The Hall–Kier alpha value is -2.57. The third-order valence-corrected chi connectivity index (χ3v) is 14.2. The standard InChI is InChI=1S/C41H55NO5/c1-26-35-31-24-29(22-28-12-5-4-6-13-28)23-30(32(43)25-34-40(15-7-8-16-40)19-20-41(34)17-9-10-18-41)42(31)21-11-14-33(35)46-37(26)38-36(45-3)27(2)39(44)47-38/h4-6,12-14,26,29-32,34-35,43H,7-11,15-25H2,1-3H3/t26-,29-,30+,31-,32+,35+/m1/s1. The van der Waals surface area contributed by atoms with Gasteiger partial charge in [0, 0.05) is 30.5 Å². The molecule has 6 atom stereocenters. The number of piperidine rings is 1. The van der Waals surface area contributed by atoms with E-state index in [1.807, 2.05) is 0 Å². The lowest BCUT2D eigenvalue weighted by molar-refractivity contribution is -0.133. The number of carbonyl (C=O) groups excluding carboxylic acids is 1. The zero-order chi connectivity index (χ0) is 32.3. The molecule has 0 bridgehead atoms. The van der Waals surface area contributed by atoms with E-state index in [1.54, 1.807) is 14.0 Å². The molecule has 5 fully saturated rings. The zero-order valence-electron chi connectivity index (χ0n) is 28.8. The van der Waals surface area contributed by atoms with Gasteiger partial charge >= 0.3 is 5.97 Å². The molecule has 6 heteroatoms. The fourth-order valence-electron chi connectivity index (χ4n) is 12.1. The van der Waals surface area contributed by atoms with Crippen LogP contribution in [0.4, 0.5) is 0 Å². The van der Waals surface area contributed by atoms with Gasteiger partial charge < -0.3 is 19.3 Å². The number of ether oxygens (including phenoxy) is 3. The highest BCUT2D eigenvalue weighted by Gasteiger charge is 2.59. The summed E-state index contributed by atoms with van der Waals surface area (Å²) < 4.78 is 18.1. The van der Waals surface area contributed by atoms with Gasteiger partial charge in [0.15, 0.2) is 11.5 Å². The molecule has 3 saturated carbocycles. The molecular weight excluding hydrogens is 586 g/mol. The summed E-state index contributed by atoms with van der Waals surface area (Å²) in [6, 6.07) is 11.3. The number of rotatable bonds is 6. The van der Waals surface area contributed by atoms with Crippen molar-refractivity contribution in [3.05, 3.63) is 70.6 Å². The smallest absolute Gasteiger partial charge is 0.343 e. The summed E-state index contributed by atoms with van der Waals surface area (Å²) in [5.74, 6) is 3.59. The predicted octanol–water partition coefficient (Wildman–Crippen LogP) is 8.22. The molecule has 4 heterocycles. The van der Waals surface area contributed by atoms with Gasteiger partial charge in [0.25, 0.3) is 0 Å². The van der Waals surface area contributed by atoms with Crippen LogP contribution in [0.2, 0.25) is 0 Å². The molecule has 4 aliphatic heterocycles. The van der Waals surface area contributed by atoms with E-state index < -0.39 is 0 Å². The van der Waals surface area contributed by atoms with E-state index in [2.05, 4.69) is 48.2 Å². The zero-order valence-corrected chi connectivity index (χ0v) is 28.8. The lowest BCUT2D eigenvalue weighted by Crippen LogP contribution is -2.57. The number of fused-ring (bicyclic) bond motifs is 3. The Morgan fingerprint density at radius 2 is 1.66 bits per heavy atom. The fraction of sp³-hybridized carbons (Fsp3) is 0.683. The third-order valence-electron chi connectivity index (χ3n) is 14.2. The Morgan fingerprint density at radius 1 is 0.979 bits per heavy atom. The summed E-state index contributed by atoms with van der Waals surface area (Å²) in [7, 11) is 1.59. The maximum absolute atomic E-state index is 12.6. The van der Waals surface area contributed by atoms with Gasteiger partial charge in [-0.15, -0.1) is 0 Å². The minimum absolute atomic E-state index is 0.0253. The Morgan fingerprint density at radius 3 is 2.32 bits per heavy atom. The van der Waals surface area contributed by atoms with Crippen molar-refractivity contribution in [2.45, 2.75) is 128 Å². The number of hydrogen-bond acceptors (Lipinski definition) is 6. The Labute approximate surface area is 281 Å². The van der Waals surface area contributed by atoms with Crippen molar-refractivity contribution < 1.29 is 24.1 Å². The number of aliphatic hydroxyl groups is 1. The largest absolute Gasteiger partial charge is 0.492 e. The number of aliphatic hydroxyl groups excluding tert-OH is 1. The number of carbonyl (C=O) groups is 1. The van der Waals surface area contributed by atoms with Crippen LogP contribution in [-0.4, -0.2) is 47.8 Å². The van der Waals surface area contributed by atoms with Crippen LogP contribution in [0.1, 0.15) is 109 Å². The molecule has 1 aromatic rings. The maximum Gasteiger partial charge on any atom is 0.343 e. The molecule has 1 aromatic carbocycles. The molecule has 8 rings (SSSR count). The molecule has 2 saturated heterocycles. The van der Waals surface area contributed by atoms with E-state index in [0.29, 0.717) is 45.5 Å². The van der Waals surface area contributed by atoms with Crippen molar-refractivity contribution in [1.82, 2.24) is 4.90 Å². The Kier molecular flexibility index (Phi) is 8.35. The molecule has 0 amide bonds. The van der Waals surface area contributed by atoms with Crippen LogP contribution >= 0.6 is 0 Å². The van der Waals surface area contributed by atoms with Crippen molar-refractivity contribution in [2.75, 3.05) is 13.7 Å². The van der Waals surface area contributed by atoms with Crippen LogP contribution < -0.4 is 0 Å². The summed E-state index contributed by atoms with van der Waals surface area (Å²) >= 11 is 0. The predicted molar refractivity (Wildman–Crippen MR) is 182 cm³/mol. The Balaban J connectivity index is 1.12. The second kappa shape index (κ2) is 12.4. The normalized spacial score (nSPS) is 35.5. The number of benzene rings is 1. The topological polar surface area (TPSA) is 68.2 Å². The van der Waals surface area contributed by atoms with Gasteiger partial charge in [0.05, 0.1) is 18.8 Å². The maximum atomic E-state index is 12.6. The van der Waals surface area contributed by atoms with Crippen LogP contribution in [0.3, 0.4) is 0 Å². The number of nitrogens with zero attached hydrogens (tertiary/aromatic N) is 1. The van der Waals surface area contributed by atoms with Crippen LogP contribution in [-0.2, 0) is 25.4 Å². The molecule has 0 unspecified atom stereocenters. The van der Waals surface area contributed by atoms with Crippen molar-refractivity contribution >= 4 is 5.97 Å². The highest BCUT2D eigenvalue weighted by atomic mass is 16.6. The molecule has 1 N–H and O–H groups in total. The summed E-state index contributed by atoms with van der Waals surface area (Å²) in [5, 5.41) is 12.6. The average molecular weight is 642 g/mol. The third kappa shape index (κ3) is 5.31. The summed E-state index contributed by atoms with van der Waals surface area (Å²) in [4.78, 5) is 15.3. The van der Waals surface area contributed by atoms with E-state index >= 15 is 0 Å². The lowest BCUT2D eigenvalue weighted by atomic mass is 9.63. The molecule has 0 aromatic heterocycles. The summed E-state index contributed by atoms with van der Waals surface area (Å²) in [6.07, 6.45) is 20.8. The highest BCUT2D eigenvalue weighted by Crippen LogP contribution is 2.67. The van der Waals surface area contributed by atoms with E-state index in [-0.39, 0.29) is 36.0 Å². The first-order chi connectivity index (χ1) is 22.8. The molecule has 2 spiro atoms. The SMILES string of the molecule is COC1=C(C)C(=O)OC1=C1OC2=CCCN3[C@H](C[C@H](Cc4ccccc4)C[C@H]3[C@@H](O)CC3C4(CCCC4)CCC34CCCC4)[C@@H]2[C@H]1C. The second-order valence-electron chi connectivity index (χ2n) is 16.4. The van der Waals surface area contributed by atoms with E-state index in [4.69, 9.17) is 14.2 Å². The molecular formula is C41H55NO5. The Bertz CT molecular complexity index is 1420. The quantitative estimate of drug-likeness (QED) is 0.316. The molecule has 0 radical (unpaired) electrons. The molecule has 254 valence electrons. The lowest BCUT2D eigenvalue weighted by Gasteiger charge is -2.50. The van der Waals surface area contributed by atoms with Gasteiger partial charge in [-0.05, 0) is 112 Å². The number of methoxy groups -OCH3 is 1. The summed E-state index contributed by atoms with van der Waals surface area (Å²) in [6.45, 7) is 4.93. The van der Waals surface area contributed by atoms with Gasteiger partial charge in [0.2, 0.25) is 5.76 Å². The van der Waals surface area contributed by atoms with Crippen molar-refractivity contribution in [2.24, 2.45) is 34.5 Å². The number of esters is 1. The van der Waals surface area contributed by atoms with Gasteiger partial charge in [-0.25, -0.2) is 4.79 Å². The van der Waals surface area contributed by atoms with Crippen LogP contribution in [0.5, 0.6) is 0 Å². The molecule has 3 aliphatic carbocycles. The number of cyclic esters (lactones) is 1. The number of allylic oxidation sites excluding steroid dienone is 1. The van der Waals surface area contributed by atoms with Gasteiger partial charge in [-0.3, -0.25) is 4.90 Å². The van der Waals surface area contributed by atoms with Crippen LogP contribution in [0.15, 0.2) is 65.0 Å². The van der Waals surface area contributed by atoms with E-state index in [1.165, 1.54) is 69.8 Å². The summed E-state index contributed by atoms with van der Waals surface area (Å²) in [5.41, 5.74) is 2.81. The van der Waals surface area contributed by atoms with Gasteiger partial charge in [-0.2, -0.15) is 0 Å².